The van der Waals surface area contributed by atoms with Gasteiger partial charge >= 0.3 is 0 Å². The highest BCUT2D eigenvalue weighted by Gasteiger charge is 2.40. The molecule has 1 aromatic rings. The van der Waals surface area contributed by atoms with Crippen molar-refractivity contribution in [3.8, 4) is 5.75 Å². The number of sulfonamides is 1. The Morgan fingerprint density at radius 3 is 2.67 bits per heavy atom. The fraction of sp³-hybridized carbons (Fsp3) is 0.417. The van der Waals surface area contributed by atoms with Crippen LogP contribution >= 0.6 is 0 Å². The van der Waals surface area contributed by atoms with Gasteiger partial charge in [0.25, 0.3) is 10.0 Å². The molecule has 98 valence electrons. The first-order valence-corrected chi connectivity index (χ1v) is 7.13. The standard InChI is InChI=1S/C12H15NO4S/c1-8-6-11(8)12(14)13-18(15,16)10-5-3-4-9(7-10)17-2/h3-5,7-8,11H,6H2,1-2H3,(H,13,14). The predicted octanol–water partition coefficient (Wildman–Crippen LogP) is 1.16. The summed E-state index contributed by atoms with van der Waals surface area (Å²) in [5, 5.41) is 0. The number of hydrogen-bond acceptors (Lipinski definition) is 4. The molecule has 0 radical (unpaired) electrons. The summed E-state index contributed by atoms with van der Waals surface area (Å²) in [6, 6.07) is 6.02. The zero-order valence-corrected chi connectivity index (χ0v) is 11.0. The van der Waals surface area contributed by atoms with E-state index in [9.17, 15) is 13.2 Å². The van der Waals surface area contributed by atoms with Crippen molar-refractivity contribution in [1.29, 1.82) is 0 Å². The molecular weight excluding hydrogens is 254 g/mol. The SMILES string of the molecule is COc1cccc(S(=O)(=O)NC(=O)C2CC2C)c1. The summed E-state index contributed by atoms with van der Waals surface area (Å²) in [4.78, 5) is 11.7. The lowest BCUT2D eigenvalue weighted by Crippen LogP contribution is -2.32. The number of hydrogen-bond donors (Lipinski definition) is 1. The molecule has 1 aliphatic carbocycles. The highest BCUT2D eigenvalue weighted by molar-refractivity contribution is 7.90. The van der Waals surface area contributed by atoms with E-state index in [0.717, 1.165) is 6.42 Å². The first-order valence-electron chi connectivity index (χ1n) is 5.65. The summed E-state index contributed by atoms with van der Waals surface area (Å²) in [6.07, 6.45) is 0.749. The van der Waals surface area contributed by atoms with Crippen LogP contribution in [-0.2, 0) is 14.8 Å². The molecule has 1 aromatic carbocycles. The second kappa shape index (κ2) is 4.61. The van der Waals surface area contributed by atoms with E-state index < -0.39 is 15.9 Å². The van der Waals surface area contributed by atoms with Gasteiger partial charge in [0.05, 0.1) is 12.0 Å². The maximum absolute atomic E-state index is 12.0. The topological polar surface area (TPSA) is 72.5 Å². The number of amides is 1. The number of benzene rings is 1. The van der Waals surface area contributed by atoms with Crippen LogP contribution in [0.25, 0.3) is 0 Å². The van der Waals surface area contributed by atoms with Crippen LogP contribution in [0.2, 0.25) is 0 Å². The van der Waals surface area contributed by atoms with Crippen molar-refractivity contribution in [2.75, 3.05) is 7.11 Å². The zero-order valence-electron chi connectivity index (χ0n) is 10.2. The molecule has 5 nitrogen and oxygen atoms in total. The van der Waals surface area contributed by atoms with Gasteiger partial charge in [0.15, 0.2) is 0 Å². The van der Waals surface area contributed by atoms with Crippen molar-refractivity contribution < 1.29 is 17.9 Å². The normalized spacial score (nSPS) is 22.3. The summed E-state index contributed by atoms with van der Waals surface area (Å²) in [7, 11) is -2.35. The van der Waals surface area contributed by atoms with E-state index in [1.54, 1.807) is 12.1 Å². The Kier molecular flexibility index (Phi) is 3.30. The maximum Gasteiger partial charge on any atom is 0.264 e. The fourth-order valence-corrected chi connectivity index (χ4v) is 2.79. The number of ether oxygens (including phenoxy) is 1. The Labute approximate surface area is 106 Å². The number of carbonyl (C=O) groups is 1. The van der Waals surface area contributed by atoms with E-state index >= 15 is 0 Å². The second-order valence-electron chi connectivity index (χ2n) is 4.47. The Morgan fingerprint density at radius 2 is 2.11 bits per heavy atom. The Bertz CT molecular complexity index is 567. The highest BCUT2D eigenvalue weighted by atomic mass is 32.2. The average Bonchev–Trinajstić information content (AvgIpc) is 3.06. The van der Waals surface area contributed by atoms with Crippen LogP contribution in [0.5, 0.6) is 5.75 Å². The second-order valence-corrected chi connectivity index (χ2v) is 6.15. The van der Waals surface area contributed by atoms with Crippen LogP contribution in [-0.4, -0.2) is 21.4 Å². The minimum Gasteiger partial charge on any atom is -0.497 e. The first kappa shape index (κ1) is 12.9. The van der Waals surface area contributed by atoms with E-state index in [4.69, 9.17) is 4.74 Å². The third kappa shape index (κ3) is 2.64. The molecule has 0 aromatic heterocycles. The summed E-state index contributed by atoms with van der Waals surface area (Å²) in [5.74, 6) is 0.103. The Balaban J connectivity index is 2.17. The first-order chi connectivity index (χ1) is 8.44. The lowest BCUT2D eigenvalue weighted by atomic mass is 10.3. The zero-order chi connectivity index (χ0) is 13.3. The third-order valence-electron chi connectivity index (χ3n) is 3.03. The van der Waals surface area contributed by atoms with E-state index in [0.29, 0.717) is 5.75 Å². The molecule has 0 bridgehead atoms. The van der Waals surface area contributed by atoms with Crippen molar-refractivity contribution in [2.45, 2.75) is 18.2 Å². The van der Waals surface area contributed by atoms with Crippen LogP contribution in [0.15, 0.2) is 29.2 Å². The van der Waals surface area contributed by atoms with E-state index in [2.05, 4.69) is 4.72 Å². The third-order valence-corrected chi connectivity index (χ3v) is 4.38. The summed E-state index contributed by atoms with van der Waals surface area (Å²) in [5.41, 5.74) is 0. The molecule has 0 aliphatic heterocycles. The molecule has 0 spiro atoms. The molecule has 0 heterocycles. The molecule has 1 aliphatic rings. The van der Waals surface area contributed by atoms with Gasteiger partial charge in [-0.3, -0.25) is 4.79 Å². The smallest absolute Gasteiger partial charge is 0.264 e. The lowest BCUT2D eigenvalue weighted by Gasteiger charge is -2.07. The molecule has 2 unspecified atom stereocenters. The molecule has 1 fully saturated rings. The van der Waals surface area contributed by atoms with Gasteiger partial charge in [0, 0.05) is 12.0 Å². The van der Waals surface area contributed by atoms with Gasteiger partial charge < -0.3 is 4.74 Å². The van der Waals surface area contributed by atoms with Crippen molar-refractivity contribution in [2.24, 2.45) is 11.8 Å². The van der Waals surface area contributed by atoms with Crippen molar-refractivity contribution in [1.82, 2.24) is 4.72 Å². The fourth-order valence-electron chi connectivity index (χ4n) is 1.72. The van der Waals surface area contributed by atoms with Gasteiger partial charge in [0.2, 0.25) is 5.91 Å². The molecule has 2 rings (SSSR count). The van der Waals surface area contributed by atoms with Crippen molar-refractivity contribution in [3.05, 3.63) is 24.3 Å². The molecule has 6 heteroatoms. The molecule has 1 amide bonds. The van der Waals surface area contributed by atoms with Gasteiger partial charge in [-0.05, 0) is 24.5 Å². The van der Waals surface area contributed by atoms with Crippen LogP contribution in [0, 0.1) is 11.8 Å². The molecule has 18 heavy (non-hydrogen) atoms. The quantitative estimate of drug-likeness (QED) is 0.890. The number of methoxy groups -OCH3 is 1. The van der Waals surface area contributed by atoms with Crippen LogP contribution in [0.3, 0.4) is 0 Å². The molecule has 1 N–H and O–H groups in total. The lowest BCUT2D eigenvalue weighted by molar-refractivity contribution is -0.120. The number of nitrogens with one attached hydrogen (secondary N) is 1. The van der Waals surface area contributed by atoms with Gasteiger partial charge in [0.1, 0.15) is 5.75 Å². The Hall–Kier alpha value is -1.56. The summed E-state index contributed by atoms with van der Waals surface area (Å²) >= 11 is 0. The summed E-state index contributed by atoms with van der Waals surface area (Å²) in [6.45, 7) is 1.92. The van der Waals surface area contributed by atoms with Gasteiger partial charge in [-0.15, -0.1) is 0 Å². The van der Waals surface area contributed by atoms with E-state index in [-0.39, 0.29) is 16.7 Å². The minimum absolute atomic E-state index is 0.0310. The highest BCUT2D eigenvalue weighted by Crippen LogP contribution is 2.37. The van der Waals surface area contributed by atoms with Gasteiger partial charge in [-0.2, -0.15) is 0 Å². The largest absolute Gasteiger partial charge is 0.497 e. The average molecular weight is 269 g/mol. The van der Waals surface area contributed by atoms with Crippen LogP contribution in [0.4, 0.5) is 0 Å². The molecule has 0 saturated heterocycles. The maximum atomic E-state index is 12.0. The van der Waals surface area contributed by atoms with Crippen LogP contribution in [0.1, 0.15) is 13.3 Å². The Morgan fingerprint density at radius 1 is 1.44 bits per heavy atom. The molecule has 1 saturated carbocycles. The van der Waals surface area contributed by atoms with Gasteiger partial charge in [-0.25, -0.2) is 13.1 Å². The molecule has 2 atom stereocenters. The predicted molar refractivity (Wildman–Crippen MR) is 65.6 cm³/mol. The van der Waals surface area contributed by atoms with Crippen molar-refractivity contribution >= 4 is 15.9 Å². The van der Waals surface area contributed by atoms with E-state index in [1.165, 1.54) is 19.2 Å². The monoisotopic (exact) mass is 269 g/mol. The van der Waals surface area contributed by atoms with Crippen molar-refractivity contribution in [3.63, 3.8) is 0 Å². The number of carbonyl (C=O) groups excluding carboxylic acids is 1. The van der Waals surface area contributed by atoms with Gasteiger partial charge in [-0.1, -0.05) is 13.0 Å². The number of rotatable bonds is 4. The molecular formula is C12H15NO4S. The summed E-state index contributed by atoms with van der Waals surface area (Å²) < 4.78 is 31.0. The van der Waals surface area contributed by atoms with Crippen LogP contribution < -0.4 is 9.46 Å². The minimum atomic E-state index is -3.80. The van der Waals surface area contributed by atoms with E-state index in [1.807, 2.05) is 6.92 Å².